The Balaban J connectivity index is 2.17. The second-order valence-corrected chi connectivity index (χ2v) is 3.49. The van der Waals surface area contributed by atoms with Crippen LogP contribution < -0.4 is 4.84 Å². The second kappa shape index (κ2) is 5.30. The number of aromatic nitrogens is 1. The molecule has 88 valence electrons. The molecule has 2 rings (SSSR count). The second-order valence-electron chi connectivity index (χ2n) is 3.49. The van der Waals surface area contributed by atoms with Crippen LogP contribution in [0.25, 0.3) is 10.9 Å². The Hall–Kier alpha value is -2.10. The zero-order valence-electron chi connectivity index (χ0n) is 9.88. The lowest BCUT2D eigenvalue weighted by Crippen LogP contribution is -2.00. The molecule has 0 saturated carbocycles. The van der Waals surface area contributed by atoms with Gasteiger partial charge in [0.2, 0.25) is 5.90 Å². The molecule has 0 unspecified atom stereocenters. The lowest BCUT2D eigenvalue weighted by atomic mass is 10.2. The highest BCUT2D eigenvalue weighted by Gasteiger charge is 1.98. The van der Waals surface area contributed by atoms with E-state index >= 15 is 0 Å². The topological polar surface area (TPSA) is 43.7 Å². The van der Waals surface area contributed by atoms with Gasteiger partial charge in [-0.3, -0.25) is 4.98 Å². The van der Waals surface area contributed by atoms with Gasteiger partial charge in [-0.2, -0.15) is 0 Å². The van der Waals surface area contributed by atoms with Crippen LogP contribution in [0.15, 0.2) is 41.7 Å². The van der Waals surface area contributed by atoms with Gasteiger partial charge in [-0.25, -0.2) is 0 Å². The molecule has 0 N–H and O–H groups in total. The number of hydrogen-bond donors (Lipinski definition) is 0. The van der Waals surface area contributed by atoms with Crippen molar-refractivity contribution in [3.8, 4) is 5.75 Å². The molecule has 4 nitrogen and oxygen atoms in total. The Morgan fingerprint density at radius 1 is 1.35 bits per heavy atom. The number of rotatable bonds is 3. The fraction of sp³-hybridized carbons (Fsp3) is 0.231. The van der Waals surface area contributed by atoms with Gasteiger partial charge in [0.15, 0.2) is 5.75 Å². The molecule has 0 aliphatic rings. The van der Waals surface area contributed by atoms with Gasteiger partial charge in [-0.15, -0.1) is 0 Å². The van der Waals surface area contributed by atoms with Gasteiger partial charge < -0.3 is 9.57 Å². The van der Waals surface area contributed by atoms with Gasteiger partial charge in [0, 0.05) is 18.5 Å². The molecular weight excluding hydrogens is 216 g/mol. The summed E-state index contributed by atoms with van der Waals surface area (Å²) in [6, 6.07) is 9.49. The van der Waals surface area contributed by atoms with E-state index in [0.717, 1.165) is 10.9 Å². The van der Waals surface area contributed by atoms with E-state index in [9.17, 15) is 0 Å². The first-order valence-corrected chi connectivity index (χ1v) is 5.49. The molecule has 0 radical (unpaired) electrons. The predicted molar refractivity (Wildman–Crippen MR) is 67.1 cm³/mol. The minimum atomic E-state index is 0.513. The molecule has 1 heterocycles. The van der Waals surface area contributed by atoms with Crippen molar-refractivity contribution in [2.24, 2.45) is 5.16 Å². The van der Waals surface area contributed by atoms with Crippen molar-refractivity contribution in [3.63, 3.8) is 0 Å². The maximum Gasteiger partial charge on any atom is 0.223 e. The monoisotopic (exact) mass is 230 g/mol. The Labute approximate surface area is 99.9 Å². The number of fused-ring (bicyclic) bond motifs is 1. The van der Waals surface area contributed by atoms with Gasteiger partial charge in [0.05, 0.1) is 12.1 Å². The number of benzene rings is 1. The summed E-state index contributed by atoms with van der Waals surface area (Å²) in [5.74, 6) is 1.18. The highest BCUT2D eigenvalue weighted by molar-refractivity contribution is 5.79. The largest absolute Gasteiger partial charge is 0.479 e. The molecule has 1 aromatic carbocycles. The molecule has 0 saturated heterocycles. The summed E-state index contributed by atoms with van der Waals surface area (Å²) in [5, 5.41) is 4.89. The van der Waals surface area contributed by atoms with Gasteiger partial charge >= 0.3 is 0 Å². The van der Waals surface area contributed by atoms with E-state index in [4.69, 9.17) is 9.57 Å². The Morgan fingerprint density at radius 3 is 3.06 bits per heavy atom. The molecule has 0 aliphatic heterocycles. The first kappa shape index (κ1) is 11.4. The Morgan fingerprint density at radius 2 is 2.24 bits per heavy atom. The smallest absolute Gasteiger partial charge is 0.223 e. The first-order chi connectivity index (χ1) is 8.29. The molecule has 0 bridgehead atoms. The lowest BCUT2D eigenvalue weighted by Gasteiger charge is -2.03. The SMILES string of the molecule is CCO/C(C)=N/Oc1ccc2ncccc2c1. The van der Waals surface area contributed by atoms with Gasteiger partial charge in [0.1, 0.15) is 0 Å². The number of hydrogen-bond acceptors (Lipinski definition) is 4. The van der Waals surface area contributed by atoms with E-state index in [2.05, 4.69) is 10.1 Å². The fourth-order valence-corrected chi connectivity index (χ4v) is 1.46. The van der Waals surface area contributed by atoms with Crippen LogP contribution in [0.1, 0.15) is 13.8 Å². The van der Waals surface area contributed by atoms with E-state index in [-0.39, 0.29) is 0 Å². The number of oxime groups is 1. The third-order valence-electron chi connectivity index (χ3n) is 2.21. The average molecular weight is 230 g/mol. The van der Waals surface area contributed by atoms with Crippen molar-refractivity contribution in [1.29, 1.82) is 0 Å². The number of ether oxygens (including phenoxy) is 1. The van der Waals surface area contributed by atoms with Crippen molar-refractivity contribution in [1.82, 2.24) is 4.98 Å². The van der Waals surface area contributed by atoms with E-state index in [0.29, 0.717) is 18.3 Å². The summed E-state index contributed by atoms with van der Waals surface area (Å²) < 4.78 is 5.16. The van der Waals surface area contributed by atoms with Crippen LogP contribution in [0.2, 0.25) is 0 Å². The molecule has 1 aromatic heterocycles. The third kappa shape index (κ3) is 2.93. The molecular formula is C13H14N2O2. The quantitative estimate of drug-likeness (QED) is 0.462. The van der Waals surface area contributed by atoms with Crippen LogP contribution in [-0.2, 0) is 4.74 Å². The molecule has 2 aromatic rings. The maximum atomic E-state index is 5.26. The summed E-state index contributed by atoms with van der Waals surface area (Å²) >= 11 is 0. The standard InChI is InChI=1S/C13H14N2O2/c1-3-16-10(2)15-17-12-6-7-13-11(9-12)5-4-8-14-13/h4-9H,3H2,1-2H3/b15-10+. The molecule has 0 spiro atoms. The summed E-state index contributed by atoms with van der Waals surface area (Å²) in [4.78, 5) is 9.49. The van der Waals surface area contributed by atoms with Crippen LogP contribution in [0, 0.1) is 0 Å². The first-order valence-electron chi connectivity index (χ1n) is 5.49. The van der Waals surface area contributed by atoms with Gasteiger partial charge in [-0.1, -0.05) is 6.07 Å². The molecule has 0 aliphatic carbocycles. The van der Waals surface area contributed by atoms with Gasteiger partial charge in [-0.05, 0) is 36.3 Å². The minimum Gasteiger partial charge on any atom is -0.479 e. The molecule has 4 heteroatoms. The van der Waals surface area contributed by atoms with Crippen LogP contribution in [-0.4, -0.2) is 17.5 Å². The normalized spacial score (nSPS) is 11.5. The van der Waals surface area contributed by atoms with Crippen LogP contribution >= 0.6 is 0 Å². The van der Waals surface area contributed by atoms with Crippen LogP contribution in [0.5, 0.6) is 5.75 Å². The van der Waals surface area contributed by atoms with Crippen molar-refractivity contribution in [3.05, 3.63) is 36.5 Å². The predicted octanol–water partition coefficient (Wildman–Crippen LogP) is 2.98. The van der Waals surface area contributed by atoms with Crippen molar-refractivity contribution >= 4 is 16.8 Å². The van der Waals surface area contributed by atoms with Crippen LogP contribution in [0.4, 0.5) is 0 Å². The zero-order chi connectivity index (χ0) is 12.1. The van der Waals surface area contributed by atoms with E-state index < -0.39 is 0 Å². The Bertz CT molecular complexity index is 538. The summed E-state index contributed by atoms with van der Waals surface area (Å²) in [7, 11) is 0. The number of pyridine rings is 1. The number of nitrogens with zero attached hydrogens (tertiary/aromatic N) is 2. The van der Waals surface area contributed by atoms with E-state index in [1.165, 1.54) is 0 Å². The van der Waals surface area contributed by atoms with Gasteiger partial charge in [0.25, 0.3) is 0 Å². The van der Waals surface area contributed by atoms with Crippen LogP contribution in [0.3, 0.4) is 0 Å². The van der Waals surface area contributed by atoms with E-state index in [1.807, 2.05) is 37.3 Å². The fourth-order valence-electron chi connectivity index (χ4n) is 1.46. The van der Waals surface area contributed by atoms with Crippen molar-refractivity contribution in [2.45, 2.75) is 13.8 Å². The molecule has 0 fully saturated rings. The molecule has 17 heavy (non-hydrogen) atoms. The summed E-state index contributed by atoms with van der Waals surface area (Å²) in [5.41, 5.74) is 0.936. The lowest BCUT2D eigenvalue weighted by molar-refractivity contribution is 0.276. The summed E-state index contributed by atoms with van der Waals surface area (Å²) in [6.07, 6.45) is 1.76. The molecule has 0 atom stereocenters. The van der Waals surface area contributed by atoms with Crippen molar-refractivity contribution < 1.29 is 9.57 Å². The Kier molecular flexibility index (Phi) is 3.55. The maximum absolute atomic E-state index is 5.26. The van der Waals surface area contributed by atoms with Crippen molar-refractivity contribution in [2.75, 3.05) is 6.61 Å². The highest BCUT2D eigenvalue weighted by Crippen LogP contribution is 2.18. The van der Waals surface area contributed by atoms with E-state index in [1.54, 1.807) is 13.1 Å². The molecule has 0 amide bonds. The average Bonchev–Trinajstić information content (AvgIpc) is 2.36. The summed E-state index contributed by atoms with van der Waals surface area (Å²) in [6.45, 7) is 4.24. The highest BCUT2D eigenvalue weighted by atomic mass is 16.6. The zero-order valence-corrected chi connectivity index (χ0v) is 9.88. The minimum absolute atomic E-state index is 0.513. The third-order valence-corrected chi connectivity index (χ3v) is 2.21.